The SMILES string of the molecule is Cc1ccc(C(C)(c2ccccc2)c2ccccc2)c(O)c1C=NCC1CCCCC1.[Cl][Zr][Cl]. The first-order valence-electron chi connectivity index (χ1n) is 11.9. The molecule has 0 aromatic heterocycles. The van der Waals surface area contributed by atoms with Crippen LogP contribution in [0, 0.1) is 12.8 Å². The molecule has 5 heteroatoms. The fraction of sp³-hybridized carbons (Fsp3) is 0.345. The van der Waals surface area contributed by atoms with E-state index in [-0.39, 0.29) is 0 Å². The van der Waals surface area contributed by atoms with Crippen molar-refractivity contribution in [1.82, 2.24) is 0 Å². The molecule has 0 radical (unpaired) electrons. The van der Waals surface area contributed by atoms with Gasteiger partial charge in [-0.05, 0) is 49.3 Å². The normalized spacial score (nSPS) is 14.5. The van der Waals surface area contributed by atoms with Crippen molar-refractivity contribution < 1.29 is 26.0 Å². The average Bonchev–Trinajstić information content (AvgIpc) is 2.88. The summed E-state index contributed by atoms with van der Waals surface area (Å²) in [6.07, 6.45) is 8.47. The summed E-state index contributed by atoms with van der Waals surface area (Å²) in [5.41, 5.74) is 4.65. The summed E-state index contributed by atoms with van der Waals surface area (Å²) in [4.78, 5) is 4.77. The van der Waals surface area contributed by atoms with E-state index in [1.165, 1.54) is 32.1 Å². The molecule has 3 aromatic carbocycles. The molecule has 3 aromatic rings. The Morgan fingerprint density at radius 3 is 1.97 bits per heavy atom. The second-order valence-electron chi connectivity index (χ2n) is 9.12. The summed E-state index contributed by atoms with van der Waals surface area (Å²) in [5, 5.41) is 11.5. The van der Waals surface area contributed by atoms with E-state index in [1.807, 2.05) is 25.3 Å². The van der Waals surface area contributed by atoms with Crippen LogP contribution in [0.25, 0.3) is 0 Å². The van der Waals surface area contributed by atoms with Gasteiger partial charge < -0.3 is 5.11 Å². The second kappa shape index (κ2) is 13.6. The number of halogens is 2. The summed E-state index contributed by atoms with van der Waals surface area (Å²) in [6, 6.07) is 25.1. The van der Waals surface area contributed by atoms with Crippen LogP contribution < -0.4 is 0 Å². The molecule has 0 heterocycles. The maximum absolute atomic E-state index is 11.5. The number of aliphatic imine (C=N–C) groups is 1. The average molecular weight is 574 g/mol. The van der Waals surface area contributed by atoms with Gasteiger partial charge in [0.1, 0.15) is 5.75 Å². The molecule has 1 aliphatic carbocycles. The van der Waals surface area contributed by atoms with Gasteiger partial charge in [-0.15, -0.1) is 0 Å². The minimum absolute atomic E-state index is 0.336. The molecule has 0 atom stereocenters. The molecule has 0 saturated heterocycles. The number of hydrogen-bond donors (Lipinski definition) is 1. The van der Waals surface area contributed by atoms with Crippen LogP contribution in [0.2, 0.25) is 0 Å². The van der Waals surface area contributed by atoms with Crippen molar-refractivity contribution in [3.05, 3.63) is 101 Å². The fourth-order valence-corrected chi connectivity index (χ4v) is 4.96. The van der Waals surface area contributed by atoms with Crippen LogP contribution in [0.15, 0.2) is 77.8 Å². The first-order chi connectivity index (χ1) is 16.5. The molecular weight excluding hydrogens is 540 g/mol. The summed E-state index contributed by atoms with van der Waals surface area (Å²) in [6.45, 7) is 5.11. The molecule has 178 valence electrons. The van der Waals surface area contributed by atoms with Crippen molar-refractivity contribution in [3.8, 4) is 5.75 Å². The van der Waals surface area contributed by atoms with Gasteiger partial charge in [0.25, 0.3) is 0 Å². The van der Waals surface area contributed by atoms with Crippen molar-refractivity contribution in [1.29, 1.82) is 0 Å². The fourth-order valence-electron chi connectivity index (χ4n) is 4.96. The Morgan fingerprint density at radius 1 is 0.912 bits per heavy atom. The summed E-state index contributed by atoms with van der Waals surface area (Å²) in [7, 11) is 9.87. The van der Waals surface area contributed by atoms with Crippen LogP contribution in [0.1, 0.15) is 66.8 Å². The Balaban J connectivity index is 0.00000103. The van der Waals surface area contributed by atoms with Crippen LogP contribution in [0.4, 0.5) is 0 Å². The van der Waals surface area contributed by atoms with Crippen molar-refractivity contribution >= 4 is 23.2 Å². The topological polar surface area (TPSA) is 32.6 Å². The summed E-state index contributed by atoms with van der Waals surface area (Å²) in [5.74, 6) is 1.03. The molecule has 1 saturated carbocycles. The number of aromatic hydroxyl groups is 1. The quantitative estimate of drug-likeness (QED) is 0.233. The first kappa shape index (κ1) is 27.2. The molecule has 1 fully saturated rings. The van der Waals surface area contributed by atoms with Crippen molar-refractivity contribution in [2.75, 3.05) is 6.54 Å². The molecule has 34 heavy (non-hydrogen) atoms. The van der Waals surface area contributed by atoms with E-state index in [1.54, 1.807) is 0 Å². The Kier molecular flexibility index (Phi) is 10.9. The van der Waals surface area contributed by atoms with Crippen LogP contribution >= 0.6 is 17.0 Å². The van der Waals surface area contributed by atoms with Gasteiger partial charge in [-0.25, -0.2) is 0 Å². The van der Waals surface area contributed by atoms with E-state index in [0.29, 0.717) is 11.7 Å². The van der Waals surface area contributed by atoms with E-state index in [0.717, 1.165) is 34.4 Å². The Bertz CT molecular complexity index is 1010. The van der Waals surface area contributed by atoms with E-state index in [9.17, 15) is 5.11 Å². The third kappa shape index (κ3) is 6.62. The van der Waals surface area contributed by atoms with Gasteiger partial charge in [-0.2, -0.15) is 0 Å². The van der Waals surface area contributed by atoms with Crippen molar-refractivity contribution in [3.63, 3.8) is 0 Å². The van der Waals surface area contributed by atoms with Gasteiger partial charge in [0.2, 0.25) is 0 Å². The Labute approximate surface area is 223 Å². The molecule has 1 aliphatic rings. The van der Waals surface area contributed by atoms with Crippen molar-refractivity contribution in [2.45, 2.75) is 51.4 Å². The predicted molar refractivity (Wildman–Crippen MR) is 142 cm³/mol. The number of aryl methyl sites for hydroxylation is 1. The van der Waals surface area contributed by atoms with Gasteiger partial charge in [0.05, 0.1) is 0 Å². The number of phenolic OH excluding ortho intramolecular Hbond substituents is 1. The van der Waals surface area contributed by atoms with Gasteiger partial charge in [0.15, 0.2) is 0 Å². The number of nitrogens with zero attached hydrogens (tertiary/aromatic N) is 1. The van der Waals surface area contributed by atoms with E-state index in [2.05, 4.69) is 67.6 Å². The molecular formula is C29H33Cl2NOZr. The van der Waals surface area contributed by atoms with Crippen molar-refractivity contribution in [2.24, 2.45) is 10.9 Å². The van der Waals surface area contributed by atoms with Crippen LogP contribution in [-0.2, 0) is 26.3 Å². The predicted octanol–water partition coefficient (Wildman–Crippen LogP) is 8.43. The zero-order chi connectivity index (χ0) is 24.4. The number of rotatable bonds is 6. The van der Waals surface area contributed by atoms with Gasteiger partial charge in [-0.3, -0.25) is 4.99 Å². The summed E-state index contributed by atoms with van der Waals surface area (Å²) < 4.78 is 0. The maximum atomic E-state index is 11.5. The third-order valence-electron chi connectivity index (χ3n) is 6.98. The van der Waals surface area contributed by atoms with E-state index >= 15 is 0 Å². The number of phenols is 1. The molecule has 0 unspecified atom stereocenters. The molecule has 0 spiro atoms. The van der Waals surface area contributed by atoms with Gasteiger partial charge in [0, 0.05) is 29.3 Å². The Morgan fingerprint density at radius 2 is 1.44 bits per heavy atom. The van der Waals surface area contributed by atoms with Crippen LogP contribution in [0.5, 0.6) is 5.75 Å². The van der Waals surface area contributed by atoms with Crippen LogP contribution in [0.3, 0.4) is 0 Å². The third-order valence-corrected chi connectivity index (χ3v) is 6.98. The van der Waals surface area contributed by atoms with E-state index < -0.39 is 26.3 Å². The summed E-state index contributed by atoms with van der Waals surface area (Å²) >= 11 is -0.826. The minimum atomic E-state index is -0.826. The zero-order valence-electron chi connectivity index (χ0n) is 20.0. The number of hydrogen-bond acceptors (Lipinski definition) is 2. The molecule has 0 bridgehead atoms. The number of benzene rings is 3. The second-order valence-corrected chi connectivity index (χ2v) is 12.9. The molecule has 0 aliphatic heterocycles. The first-order valence-corrected chi connectivity index (χ1v) is 18.3. The monoisotopic (exact) mass is 571 g/mol. The zero-order valence-corrected chi connectivity index (χ0v) is 23.9. The molecule has 2 nitrogen and oxygen atoms in total. The Hall–Kier alpha value is -1.41. The van der Waals surface area contributed by atoms with Gasteiger partial charge in [-0.1, -0.05) is 92.1 Å². The van der Waals surface area contributed by atoms with Crippen LogP contribution in [-0.4, -0.2) is 17.9 Å². The molecule has 0 amide bonds. The van der Waals surface area contributed by atoms with Gasteiger partial charge >= 0.3 is 37.9 Å². The molecule has 4 rings (SSSR count). The standard InChI is InChI=1S/C29H33NO.2ClH.Zr/c1-22-18-19-27(28(31)26(22)21-30-20-23-12-6-3-7-13-23)29(2,24-14-8-4-9-15-24)25-16-10-5-11-17-25;;;/h4-5,8-11,14-19,21,23,31H,3,6-7,12-13,20H2,1-2H3;2*1H;/q;;;+2/p-2. The molecule has 1 N–H and O–H groups in total. The van der Waals surface area contributed by atoms with E-state index in [4.69, 9.17) is 22.0 Å².